The van der Waals surface area contributed by atoms with Crippen LogP contribution in [0.3, 0.4) is 0 Å². The molecule has 2 aliphatic heterocycles. The summed E-state index contributed by atoms with van der Waals surface area (Å²) in [6.07, 6.45) is 1.82. The fourth-order valence-corrected chi connectivity index (χ4v) is 6.28. The van der Waals surface area contributed by atoms with Crippen LogP contribution in [0.2, 0.25) is 0 Å². The molecule has 37 heavy (non-hydrogen) atoms. The third-order valence-electron chi connectivity index (χ3n) is 6.05. The summed E-state index contributed by atoms with van der Waals surface area (Å²) in [5, 5.41) is 1.94. The maximum absolute atomic E-state index is 13.8. The first-order chi connectivity index (χ1) is 18.1. The van der Waals surface area contributed by atoms with Crippen molar-refractivity contribution < 1.29 is 19.0 Å². The minimum Gasteiger partial charge on any atom is -0.486 e. The van der Waals surface area contributed by atoms with Gasteiger partial charge < -0.3 is 14.2 Å². The molecule has 2 aromatic heterocycles. The molecule has 2 aromatic carbocycles. The van der Waals surface area contributed by atoms with Crippen molar-refractivity contribution in [1.29, 1.82) is 0 Å². The lowest BCUT2D eigenvalue weighted by Crippen LogP contribution is -2.39. The number of hydrogen-bond donors (Lipinski definition) is 0. The van der Waals surface area contributed by atoms with E-state index in [0.717, 1.165) is 16.0 Å². The summed E-state index contributed by atoms with van der Waals surface area (Å²) in [4.78, 5) is 33.4. The van der Waals surface area contributed by atoms with E-state index in [4.69, 9.17) is 19.2 Å². The monoisotopic (exact) mass is 530 g/mol. The van der Waals surface area contributed by atoms with Crippen LogP contribution in [0.4, 0.5) is 0 Å². The molecule has 4 aromatic rings. The molecule has 0 amide bonds. The van der Waals surface area contributed by atoms with Gasteiger partial charge in [0.2, 0.25) is 0 Å². The molecule has 2 aliphatic rings. The Morgan fingerprint density at radius 2 is 1.92 bits per heavy atom. The highest BCUT2D eigenvalue weighted by molar-refractivity contribution is 7.10. The van der Waals surface area contributed by atoms with Gasteiger partial charge in [-0.1, -0.05) is 53.8 Å². The fourth-order valence-electron chi connectivity index (χ4n) is 4.46. The smallest absolute Gasteiger partial charge is 0.338 e. The Hall–Kier alpha value is -3.95. The van der Waals surface area contributed by atoms with Gasteiger partial charge in [-0.05, 0) is 42.1 Å². The van der Waals surface area contributed by atoms with Gasteiger partial charge >= 0.3 is 5.97 Å². The number of carbonyl (C=O) groups excluding carboxylic acids is 1. The lowest BCUT2D eigenvalue weighted by molar-refractivity contribution is -0.138. The second kappa shape index (κ2) is 9.84. The van der Waals surface area contributed by atoms with Gasteiger partial charge in [-0.25, -0.2) is 9.79 Å². The molecular weight excluding hydrogens is 508 g/mol. The second-order valence-electron chi connectivity index (χ2n) is 8.35. The van der Waals surface area contributed by atoms with Crippen LogP contribution in [-0.4, -0.2) is 30.4 Å². The highest BCUT2D eigenvalue weighted by Gasteiger charge is 2.35. The number of hydrogen-bond acceptors (Lipinski definition) is 8. The van der Waals surface area contributed by atoms with Crippen LogP contribution in [-0.2, 0) is 9.53 Å². The van der Waals surface area contributed by atoms with E-state index < -0.39 is 12.0 Å². The molecule has 0 spiro atoms. The Labute approximate surface area is 220 Å². The molecule has 0 saturated heterocycles. The Morgan fingerprint density at radius 3 is 2.68 bits per heavy atom. The predicted molar refractivity (Wildman–Crippen MR) is 143 cm³/mol. The van der Waals surface area contributed by atoms with Gasteiger partial charge in [0.05, 0.1) is 22.4 Å². The van der Waals surface area contributed by atoms with E-state index in [1.54, 1.807) is 11.5 Å². The molecule has 186 valence electrons. The Bertz CT molecular complexity index is 1680. The van der Waals surface area contributed by atoms with Gasteiger partial charge in [-0.2, -0.15) is 0 Å². The van der Waals surface area contributed by atoms with Crippen molar-refractivity contribution in [1.82, 2.24) is 4.57 Å². The zero-order valence-corrected chi connectivity index (χ0v) is 21.5. The standard InChI is InChI=1S/C28H22N2O5S2/c1-2-33-27(32)23-24(18-7-4-3-5-8-18)29-28-30(25(23)21-9-6-14-36-21)26(31)22(37-28)16-17-10-11-19-20(15-17)35-13-12-34-19/h3-11,14-16,25H,2,12-13H2,1H3/t25-/m1/s1. The first-order valence-corrected chi connectivity index (χ1v) is 13.5. The van der Waals surface area contributed by atoms with Crippen molar-refractivity contribution in [2.45, 2.75) is 13.0 Å². The highest BCUT2D eigenvalue weighted by Crippen LogP contribution is 2.37. The number of benzene rings is 2. The number of ether oxygens (including phenoxy) is 3. The largest absolute Gasteiger partial charge is 0.486 e. The topological polar surface area (TPSA) is 79.1 Å². The quantitative estimate of drug-likeness (QED) is 0.367. The van der Waals surface area contributed by atoms with Crippen molar-refractivity contribution in [3.8, 4) is 11.5 Å². The molecule has 0 aliphatic carbocycles. The molecule has 4 heterocycles. The molecule has 0 radical (unpaired) electrons. The van der Waals surface area contributed by atoms with Crippen LogP contribution in [0.25, 0.3) is 11.8 Å². The first kappa shape index (κ1) is 23.4. The summed E-state index contributed by atoms with van der Waals surface area (Å²) in [5.41, 5.74) is 2.26. The molecule has 0 saturated carbocycles. The maximum atomic E-state index is 13.8. The van der Waals surface area contributed by atoms with Crippen LogP contribution >= 0.6 is 22.7 Å². The van der Waals surface area contributed by atoms with E-state index in [1.165, 1.54) is 22.7 Å². The molecule has 9 heteroatoms. The number of fused-ring (bicyclic) bond motifs is 2. The van der Waals surface area contributed by atoms with Crippen molar-refractivity contribution in [3.05, 3.63) is 107 Å². The summed E-state index contributed by atoms with van der Waals surface area (Å²) in [7, 11) is 0. The summed E-state index contributed by atoms with van der Waals surface area (Å²) >= 11 is 2.78. The average molecular weight is 531 g/mol. The highest BCUT2D eigenvalue weighted by atomic mass is 32.1. The Morgan fingerprint density at radius 1 is 1.11 bits per heavy atom. The number of rotatable bonds is 5. The van der Waals surface area contributed by atoms with E-state index >= 15 is 0 Å². The van der Waals surface area contributed by atoms with Crippen LogP contribution in [0.5, 0.6) is 11.5 Å². The van der Waals surface area contributed by atoms with Crippen molar-refractivity contribution in [2.75, 3.05) is 19.8 Å². The average Bonchev–Trinajstić information content (AvgIpc) is 3.57. The van der Waals surface area contributed by atoms with Gasteiger partial charge in [0.1, 0.15) is 19.3 Å². The fraction of sp³-hybridized carbons (Fsp3) is 0.179. The lowest BCUT2D eigenvalue weighted by Gasteiger charge is -2.24. The number of thiazole rings is 1. The van der Waals surface area contributed by atoms with E-state index in [-0.39, 0.29) is 12.2 Å². The molecule has 0 N–H and O–H groups in total. The van der Waals surface area contributed by atoms with Gasteiger partial charge in [-0.3, -0.25) is 9.36 Å². The molecule has 1 atom stereocenters. The Balaban J connectivity index is 1.58. The second-order valence-corrected chi connectivity index (χ2v) is 10.3. The van der Waals surface area contributed by atoms with E-state index in [0.29, 0.717) is 45.3 Å². The normalized spacial score (nSPS) is 16.8. The summed E-state index contributed by atoms with van der Waals surface area (Å²) < 4.78 is 18.9. The Kier molecular flexibility index (Phi) is 6.23. The zero-order valence-electron chi connectivity index (χ0n) is 19.9. The third-order valence-corrected chi connectivity index (χ3v) is 7.96. The SMILES string of the molecule is CCOC(=O)C1=C(c2ccccc2)N=c2sc(=Cc3ccc4c(c3)OCCO4)c(=O)n2[C@@H]1c1cccs1. The summed E-state index contributed by atoms with van der Waals surface area (Å²) in [6, 6.07) is 18.3. The molecule has 0 fully saturated rings. The van der Waals surface area contributed by atoms with Gasteiger partial charge in [0, 0.05) is 10.4 Å². The van der Waals surface area contributed by atoms with Crippen LogP contribution in [0.15, 0.2) is 81.4 Å². The third kappa shape index (κ3) is 4.30. The van der Waals surface area contributed by atoms with Crippen molar-refractivity contribution in [3.63, 3.8) is 0 Å². The van der Waals surface area contributed by atoms with Crippen LogP contribution < -0.4 is 24.4 Å². The van der Waals surface area contributed by atoms with Crippen molar-refractivity contribution >= 4 is 40.4 Å². The molecule has 7 nitrogen and oxygen atoms in total. The van der Waals surface area contributed by atoms with Crippen molar-refractivity contribution in [2.24, 2.45) is 4.99 Å². The van der Waals surface area contributed by atoms with E-state index in [2.05, 4.69) is 0 Å². The molecular formula is C28H22N2O5S2. The number of thiophene rings is 1. The minimum absolute atomic E-state index is 0.217. The predicted octanol–water partition coefficient (Wildman–Crippen LogP) is 3.77. The number of carbonyl (C=O) groups is 1. The van der Waals surface area contributed by atoms with E-state index in [1.807, 2.05) is 72.1 Å². The molecule has 0 bridgehead atoms. The van der Waals surface area contributed by atoms with Gasteiger partial charge in [0.15, 0.2) is 16.3 Å². The number of aromatic nitrogens is 1. The lowest BCUT2D eigenvalue weighted by atomic mass is 9.97. The van der Waals surface area contributed by atoms with Crippen LogP contribution in [0.1, 0.15) is 29.0 Å². The minimum atomic E-state index is -0.645. The maximum Gasteiger partial charge on any atom is 0.338 e. The van der Waals surface area contributed by atoms with E-state index in [9.17, 15) is 9.59 Å². The first-order valence-electron chi connectivity index (χ1n) is 11.9. The van der Waals surface area contributed by atoms with Gasteiger partial charge in [0.25, 0.3) is 5.56 Å². The van der Waals surface area contributed by atoms with Crippen LogP contribution in [0, 0.1) is 0 Å². The zero-order chi connectivity index (χ0) is 25.4. The molecule has 6 rings (SSSR count). The summed E-state index contributed by atoms with van der Waals surface area (Å²) in [5.74, 6) is 0.860. The van der Waals surface area contributed by atoms with Gasteiger partial charge in [-0.15, -0.1) is 11.3 Å². The number of esters is 1. The number of nitrogens with zero attached hydrogens (tertiary/aromatic N) is 2. The summed E-state index contributed by atoms with van der Waals surface area (Å²) in [6.45, 7) is 2.98. The molecule has 0 unspecified atom stereocenters.